The van der Waals surface area contributed by atoms with Gasteiger partial charge in [0.25, 0.3) is 0 Å². The molecule has 0 aliphatic carbocycles. The second kappa shape index (κ2) is 4.37. The van der Waals surface area contributed by atoms with Crippen LogP contribution in [0.25, 0.3) is 22.3 Å². The molecule has 1 aromatic carbocycles. The lowest BCUT2D eigenvalue weighted by molar-refractivity contribution is -0.646. The van der Waals surface area contributed by atoms with Crippen molar-refractivity contribution in [3.63, 3.8) is 0 Å². The van der Waals surface area contributed by atoms with Crippen molar-refractivity contribution in [2.75, 3.05) is 0 Å². The van der Waals surface area contributed by atoms with Crippen LogP contribution in [0.2, 0.25) is 0 Å². The highest BCUT2D eigenvalue weighted by Crippen LogP contribution is 2.20. The topological polar surface area (TPSA) is 78.5 Å². The Balaban J connectivity index is 2.15. The summed E-state index contributed by atoms with van der Waals surface area (Å²) in [5.74, 6) is 0. The molecule has 0 bridgehead atoms. The summed E-state index contributed by atoms with van der Waals surface area (Å²) in [4.78, 5) is 16.9. The van der Waals surface area contributed by atoms with Crippen LogP contribution in [0.4, 0.5) is 0 Å². The number of benzene rings is 1. The Hall–Kier alpha value is -2.40. The maximum atomic E-state index is 11.3. The highest BCUT2D eigenvalue weighted by atomic mass is 16.1. The van der Waals surface area contributed by atoms with Crippen molar-refractivity contribution in [2.45, 2.75) is 6.54 Å². The van der Waals surface area contributed by atoms with Crippen molar-refractivity contribution in [1.29, 1.82) is 0 Å². The van der Waals surface area contributed by atoms with Crippen molar-refractivity contribution in [2.24, 2.45) is 12.8 Å². The lowest BCUT2D eigenvalue weighted by Crippen LogP contribution is -2.29. The van der Waals surface area contributed by atoms with Gasteiger partial charge < -0.3 is 5.73 Å². The molecule has 0 atom stereocenters. The first kappa shape index (κ1) is 11.7. The van der Waals surface area contributed by atoms with Gasteiger partial charge in [0, 0.05) is 12.1 Å². The van der Waals surface area contributed by atoms with Gasteiger partial charge in [0.05, 0.1) is 13.2 Å². The Kier molecular flexibility index (Phi) is 2.68. The van der Waals surface area contributed by atoms with E-state index in [1.807, 2.05) is 48.1 Å². The average molecular weight is 255 g/mol. The molecule has 3 rings (SSSR count). The number of hydrogen-bond acceptors (Lipinski definition) is 2. The van der Waals surface area contributed by atoms with E-state index in [1.165, 1.54) is 0 Å². The summed E-state index contributed by atoms with van der Waals surface area (Å²) in [6.07, 6.45) is 1.99. The Morgan fingerprint density at radius 3 is 2.58 bits per heavy atom. The number of pyridine rings is 1. The molecular weight excluding hydrogens is 240 g/mol. The van der Waals surface area contributed by atoms with E-state index in [0.29, 0.717) is 6.54 Å². The molecule has 0 saturated heterocycles. The molecule has 19 heavy (non-hydrogen) atoms. The number of aryl methyl sites for hydroxylation is 1. The van der Waals surface area contributed by atoms with Crippen LogP contribution in [0.15, 0.2) is 41.3 Å². The second-order valence-corrected chi connectivity index (χ2v) is 4.58. The zero-order valence-electron chi connectivity index (χ0n) is 10.6. The van der Waals surface area contributed by atoms with Gasteiger partial charge in [0.15, 0.2) is 0 Å². The number of aromatic amines is 2. The number of hydrogen-bond donors (Lipinski definition) is 3. The number of fused-ring (bicyclic) bond motifs is 1. The minimum absolute atomic E-state index is 0.193. The van der Waals surface area contributed by atoms with Crippen molar-refractivity contribution in [3.05, 3.63) is 52.6 Å². The first-order chi connectivity index (χ1) is 9.17. The minimum atomic E-state index is -0.193. The SMILES string of the molecule is C[n+]1cc(-c2ccc(CN)cc2)cc2[nH]c(=O)[nH]c21. The Bertz CT molecular complexity index is 783. The molecule has 0 amide bonds. The third-order valence-corrected chi connectivity index (χ3v) is 3.24. The number of nitrogens with one attached hydrogen (secondary N) is 2. The van der Waals surface area contributed by atoms with Crippen molar-refractivity contribution < 1.29 is 4.57 Å². The number of rotatable bonds is 2. The fourth-order valence-electron chi connectivity index (χ4n) is 2.23. The summed E-state index contributed by atoms with van der Waals surface area (Å²) in [5, 5.41) is 0. The van der Waals surface area contributed by atoms with Crippen LogP contribution in [-0.4, -0.2) is 9.97 Å². The van der Waals surface area contributed by atoms with E-state index >= 15 is 0 Å². The van der Waals surface area contributed by atoms with Gasteiger partial charge in [-0.15, -0.1) is 0 Å². The molecule has 3 aromatic rings. The molecule has 2 heterocycles. The summed E-state index contributed by atoms with van der Waals surface area (Å²) in [6.45, 7) is 0.540. The predicted octanol–water partition coefficient (Wildman–Crippen LogP) is 0.806. The molecule has 96 valence electrons. The molecule has 0 spiro atoms. The summed E-state index contributed by atoms with van der Waals surface area (Å²) in [5.41, 5.74) is 10.2. The second-order valence-electron chi connectivity index (χ2n) is 4.58. The van der Waals surface area contributed by atoms with Gasteiger partial charge in [-0.25, -0.2) is 9.36 Å². The van der Waals surface area contributed by atoms with Gasteiger partial charge in [-0.05, 0) is 17.2 Å². The zero-order chi connectivity index (χ0) is 13.4. The van der Waals surface area contributed by atoms with Crippen LogP contribution in [0, 0.1) is 0 Å². The third-order valence-electron chi connectivity index (χ3n) is 3.24. The van der Waals surface area contributed by atoms with Crippen LogP contribution in [0.5, 0.6) is 0 Å². The molecular formula is C14H15N4O+. The number of nitrogens with two attached hydrogens (primary N) is 1. The lowest BCUT2D eigenvalue weighted by atomic mass is 10.1. The molecule has 0 saturated carbocycles. The summed E-state index contributed by atoms with van der Waals surface area (Å²) in [7, 11) is 1.91. The molecule has 0 aliphatic rings. The van der Waals surface area contributed by atoms with E-state index in [-0.39, 0.29) is 5.69 Å². The minimum Gasteiger partial charge on any atom is -0.326 e. The van der Waals surface area contributed by atoms with E-state index in [2.05, 4.69) is 9.97 Å². The standard InChI is InChI=1S/C14H14N4O/c1-18-8-11(6-12-13(18)17-14(19)16-12)10-4-2-9(7-15)3-5-10/h2-6,8H,7,15H2,1H3,(H,16,19)/p+1. The highest BCUT2D eigenvalue weighted by Gasteiger charge is 2.11. The number of nitrogens with zero attached hydrogens (tertiary/aromatic N) is 1. The third kappa shape index (κ3) is 2.04. The van der Waals surface area contributed by atoms with Gasteiger partial charge in [0.1, 0.15) is 5.52 Å². The van der Waals surface area contributed by atoms with Crippen LogP contribution < -0.4 is 16.0 Å². The Morgan fingerprint density at radius 1 is 1.16 bits per heavy atom. The van der Waals surface area contributed by atoms with Gasteiger partial charge in [-0.2, -0.15) is 4.98 Å². The molecule has 0 aliphatic heterocycles. The molecule has 5 nitrogen and oxygen atoms in total. The number of aromatic nitrogens is 3. The fourth-order valence-corrected chi connectivity index (χ4v) is 2.23. The van der Waals surface area contributed by atoms with Crippen LogP contribution in [0.1, 0.15) is 5.56 Å². The summed E-state index contributed by atoms with van der Waals surface area (Å²) in [6, 6.07) is 10.1. The summed E-state index contributed by atoms with van der Waals surface area (Å²) < 4.78 is 1.90. The van der Waals surface area contributed by atoms with E-state index in [1.54, 1.807) is 0 Å². The molecule has 0 unspecified atom stereocenters. The maximum Gasteiger partial charge on any atom is 0.411 e. The van der Waals surface area contributed by atoms with E-state index in [0.717, 1.165) is 27.9 Å². The van der Waals surface area contributed by atoms with Gasteiger partial charge in [0.2, 0.25) is 0 Å². The molecule has 5 heteroatoms. The number of H-pyrrole nitrogens is 2. The predicted molar refractivity (Wildman–Crippen MR) is 73.4 cm³/mol. The molecule has 4 N–H and O–H groups in total. The zero-order valence-corrected chi connectivity index (χ0v) is 10.6. The van der Waals surface area contributed by atoms with Crippen LogP contribution in [-0.2, 0) is 13.6 Å². The monoisotopic (exact) mass is 255 g/mol. The maximum absolute atomic E-state index is 11.3. The first-order valence-electron chi connectivity index (χ1n) is 6.08. The Labute approximate surface area is 109 Å². The smallest absolute Gasteiger partial charge is 0.326 e. The van der Waals surface area contributed by atoms with Gasteiger partial charge in [-0.3, -0.25) is 4.98 Å². The van der Waals surface area contributed by atoms with Gasteiger partial charge in [-0.1, -0.05) is 24.3 Å². The van der Waals surface area contributed by atoms with Crippen LogP contribution in [0.3, 0.4) is 0 Å². The normalized spacial score (nSPS) is 11.1. The quantitative estimate of drug-likeness (QED) is 0.592. The largest absolute Gasteiger partial charge is 0.411 e. The van der Waals surface area contributed by atoms with Crippen LogP contribution >= 0.6 is 0 Å². The molecule has 0 radical (unpaired) electrons. The Morgan fingerprint density at radius 2 is 1.89 bits per heavy atom. The summed E-state index contributed by atoms with van der Waals surface area (Å²) >= 11 is 0. The van der Waals surface area contributed by atoms with E-state index < -0.39 is 0 Å². The van der Waals surface area contributed by atoms with E-state index in [4.69, 9.17) is 5.73 Å². The van der Waals surface area contributed by atoms with Gasteiger partial charge >= 0.3 is 11.3 Å². The number of imidazole rings is 1. The highest BCUT2D eigenvalue weighted by molar-refractivity contribution is 5.74. The average Bonchev–Trinajstić information content (AvgIpc) is 2.80. The van der Waals surface area contributed by atoms with Crippen molar-refractivity contribution in [1.82, 2.24) is 9.97 Å². The lowest BCUT2D eigenvalue weighted by Gasteiger charge is -2.03. The molecule has 2 aromatic heterocycles. The van der Waals surface area contributed by atoms with Crippen molar-refractivity contribution >= 4 is 11.2 Å². The first-order valence-corrected chi connectivity index (χ1v) is 6.08. The van der Waals surface area contributed by atoms with E-state index in [9.17, 15) is 4.79 Å². The van der Waals surface area contributed by atoms with Crippen molar-refractivity contribution in [3.8, 4) is 11.1 Å². The molecule has 0 fully saturated rings. The fraction of sp³-hybridized carbons (Fsp3) is 0.143.